The zero-order valence-corrected chi connectivity index (χ0v) is 11.5. The van der Waals surface area contributed by atoms with Crippen molar-refractivity contribution >= 4 is 5.91 Å². The van der Waals surface area contributed by atoms with Crippen molar-refractivity contribution in [2.45, 2.75) is 26.2 Å². The molecule has 0 bridgehead atoms. The van der Waals surface area contributed by atoms with Gasteiger partial charge in [-0.15, -0.1) is 0 Å². The van der Waals surface area contributed by atoms with Crippen molar-refractivity contribution in [3.8, 4) is 0 Å². The second-order valence-electron chi connectivity index (χ2n) is 5.37. The van der Waals surface area contributed by atoms with E-state index in [-0.39, 0.29) is 11.8 Å². The highest BCUT2D eigenvalue weighted by Crippen LogP contribution is 2.19. The molecule has 0 radical (unpaired) electrons. The van der Waals surface area contributed by atoms with Crippen LogP contribution in [0.1, 0.15) is 26.2 Å². The van der Waals surface area contributed by atoms with Crippen LogP contribution in [-0.2, 0) is 4.79 Å². The van der Waals surface area contributed by atoms with Gasteiger partial charge in [-0.3, -0.25) is 4.79 Å². The average Bonchev–Trinajstić information content (AvgIpc) is 2.30. The number of likely N-dealkylation sites (tertiary alicyclic amines) is 1. The summed E-state index contributed by atoms with van der Waals surface area (Å²) in [5.74, 6) is 1.03. The summed E-state index contributed by atoms with van der Waals surface area (Å²) in [5, 5.41) is 0. The topological polar surface area (TPSA) is 49.6 Å². The second-order valence-corrected chi connectivity index (χ2v) is 5.37. The normalized spacial score (nSPS) is 19.7. The lowest BCUT2D eigenvalue weighted by Gasteiger charge is -2.34. The van der Waals surface area contributed by atoms with Crippen LogP contribution in [0.4, 0.5) is 0 Å². The Hall–Kier alpha value is -0.610. The molecule has 1 atom stereocenters. The third-order valence-corrected chi connectivity index (χ3v) is 3.68. The van der Waals surface area contributed by atoms with Crippen LogP contribution >= 0.6 is 0 Å². The monoisotopic (exact) mass is 241 g/mol. The van der Waals surface area contributed by atoms with Crippen molar-refractivity contribution in [2.24, 2.45) is 17.6 Å². The van der Waals surface area contributed by atoms with Crippen LogP contribution in [-0.4, -0.2) is 56.0 Å². The molecule has 2 N–H and O–H groups in total. The van der Waals surface area contributed by atoms with E-state index < -0.39 is 0 Å². The van der Waals surface area contributed by atoms with Crippen molar-refractivity contribution in [1.82, 2.24) is 9.80 Å². The van der Waals surface area contributed by atoms with Crippen LogP contribution in [0.2, 0.25) is 0 Å². The smallest absolute Gasteiger partial charge is 0.226 e. The van der Waals surface area contributed by atoms with Crippen LogP contribution in [0.3, 0.4) is 0 Å². The molecule has 1 amide bonds. The van der Waals surface area contributed by atoms with Gasteiger partial charge in [0.15, 0.2) is 0 Å². The molecule has 1 saturated heterocycles. The fourth-order valence-electron chi connectivity index (χ4n) is 2.55. The number of carbonyl (C=O) groups excluding carboxylic acids is 1. The second kappa shape index (κ2) is 6.97. The van der Waals surface area contributed by atoms with Gasteiger partial charge in [-0.1, -0.05) is 6.92 Å². The molecule has 0 spiro atoms. The minimum atomic E-state index is 0.0281. The number of amides is 1. The third kappa shape index (κ3) is 4.28. The van der Waals surface area contributed by atoms with E-state index >= 15 is 0 Å². The molecule has 1 fully saturated rings. The van der Waals surface area contributed by atoms with Gasteiger partial charge in [0.1, 0.15) is 0 Å². The van der Waals surface area contributed by atoms with E-state index in [0.29, 0.717) is 6.54 Å². The Morgan fingerprint density at radius 1 is 1.41 bits per heavy atom. The van der Waals surface area contributed by atoms with Crippen LogP contribution in [0.25, 0.3) is 0 Å². The summed E-state index contributed by atoms with van der Waals surface area (Å²) in [6, 6.07) is 0. The maximum atomic E-state index is 12.1. The molecule has 1 aliphatic rings. The van der Waals surface area contributed by atoms with Gasteiger partial charge in [0.25, 0.3) is 0 Å². The molecule has 4 heteroatoms. The van der Waals surface area contributed by atoms with Gasteiger partial charge in [0, 0.05) is 26.2 Å². The number of hydrogen-bond acceptors (Lipinski definition) is 3. The van der Waals surface area contributed by atoms with Gasteiger partial charge in [0.2, 0.25) is 5.91 Å². The summed E-state index contributed by atoms with van der Waals surface area (Å²) in [6.07, 6.45) is 3.11. The summed E-state index contributed by atoms with van der Waals surface area (Å²) in [6.45, 7) is 5.47. The number of piperidine rings is 1. The van der Waals surface area contributed by atoms with Crippen LogP contribution in [0.5, 0.6) is 0 Å². The summed E-state index contributed by atoms with van der Waals surface area (Å²) in [7, 11) is 4.22. The van der Waals surface area contributed by atoms with Gasteiger partial charge in [-0.2, -0.15) is 0 Å². The number of nitrogens with zero attached hydrogens (tertiary/aromatic N) is 2. The first-order valence-corrected chi connectivity index (χ1v) is 6.72. The third-order valence-electron chi connectivity index (χ3n) is 3.68. The highest BCUT2D eigenvalue weighted by Gasteiger charge is 2.26. The maximum Gasteiger partial charge on any atom is 0.226 e. The number of hydrogen-bond donors (Lipinski definition) is 1. The van der Waals surface area contributed by atoms with Gasteiger partial charge in [-0.05, 0) is 39.3 Å². The highest BCUT2D eigenvalue weighted by molar-refractivity contribution is 5.79. The molecular formula is C13H27N3O. The van der Waals surface area contributed by atoms with E-state index in [2.05, 4.69) is 19.0 Å². The Bertz CT molecular complexity index is 231. The number of rotatable bonds is 5. The zero-order valence-electron chi connectivity index (χ0n) is 11.5. The van der Waals surface area contributed by atoms with Crippen LogP contribution in [0.15, 0.2) is 0 Å². The SMILES string of the molecule is CCC(CN)C(=O)N1CCC(CN(C)C)CC1. The van der Waals surface area contributed by atoms with E-state index in [1.54, 1.807) is 0 Å². The van der Waals surface area contributed by atoms with Gasteiger partial charge in [0.05, 0.1) is 5.92 Å². The van der Waals surface area contributed by atoms with E-state index in [0.717, 1.165) is 44.8 Å². The quantitative estimate of drug-likeness (QED) is 0.773. The molecule has 0 aromatic rings. The Morgan fingerprint density at radius 2 is 2.00 bits per heavy atom. The van der Waals surface area contributed by atoms with Crippen molar-refractivity contribution in [2.75, 3.05) is 40.3 Å². The minimum Gasteiger partial charge on any atom is -0.342 e. The molecular weight excluding hydrogens is 214 g/mol. The molecule has 1 rings (SSSR count). The molecule has 1 aliphatic heterocycles. The number of nitrogens with two attached hydrogens (primary N) is 1. The lowest BCUT2D eigenvalue weighted by atomic mass is 9.95. The standard InChI is InChI=1S/C13H27N3O/c1-4-12(9-14)13(17)16-7-5-11(6-8-16)10-15(2)3/h11-12H,4-10,14H2,1-3H3. The predicted molar refractivity (Wildman–Crippen MR) is 70.7 cm³/mol. The van der Waals surface area contributed by atoms with Crippen molar-refractivity contribution in [3.63, 3.8) is 0 Å². The molecule has 0 aromatic heterocycles. The Labute approximate surface area is 105 Å². The van der Waals surface area contributed by atoms with E-state index in [1.807, 2.05) is 11.8 Å². The van der Waals surface area contributed by atoms with Crippen molar-refractivity contribution < 1.29 is 4.79 Å². The summed E-state index contributed by atoms with van der Waals surface area (Å²) >= 11 is 0. The van der Waals surface area contributed by atoms with Gasteiger partial charge in [-0.25, -0.2) is 0 Å². The first kappa shape index (κ1) is 14.5. The average molecular weight is 241 g/mol. The molecule has 1 unspecified atom stereocenters. The zero-order chi connectivity index (χ0) is 12.8. The summed E-state index contributed by atoms with van der Waals surface area (Å²) in [5.41, 5.74) is 5.63. The predicted octanol–water partition coefficient (Wildman–Crippen LogP) is 0.772. The fourth-order valence-corrected chi connectivity index (χ4v) is 2.55. The molecule has 4 nitrogen and oxygen atoms in total. The van der Waals surface area contributed by atoms with Crippen LogP contribution in [0, 0.1) is 11.8 Å². The fraction of sp³-hybridized carbons (Fsp3) is 0.923. The van der Waals surface area contributed by atoms with Gasteiger partial charge >= 0.3 is 0 Å². The largest absolute Gasteiger partial charge is 0.342 e. The molecule has 1 heterocycles. The molecule has 0 aromatic carbocycles. The lowest BCUT2D eigenvalue weighted by Crippen LogP contribution is -2.44. The van der Waals surface area contributed by atoms with E-state index in [9.17, 15) is 4.79 Å². The van der Waals surface area contributed by atoms with Crippen molar-refractivity contribution in [1.29, 1.82) is 0 Å². The molecule has 0 saturated carbocycles. The van der Waals surface area contributed by atoms with E-state index in [4.69, 9.17) is 5.73 Å². The Morgan fingerprint density at radius 3 is 2.41 bits per heavy atom. The van der Waals surface area contributed by atoms with Crippen molar-refractivity contribution in [3.05, 3.63) is 0 Å². The highest BCUT2D eigenvalue weighted by atomic mass is 16.2. The van der Waals surface area contributed by atoms with Gasteiger partial charge < -0.3 is 15.5 Å². The van der Waals surface area contributed by atoms with Crippen LogP contribution < -0.4 is 5.73 Å². The maximum absolute atomic E-state index is 12.1. The molecule has 0 aliphatic carbocycles. The lowest BCUT2D eigenvalue weighted by molar-refractivity contribution is -0.136. The molecule has 17 heavy (non-hydrogen) atoms. The summed E-state index contributed by atoms with van der Waals surface area (Å²) in [4.78, 5) is 16.4. The Kier molecular flexibility index (Phi) is 5.92. The summed E-state index contributed by atoms with van der Waals surface area (Å²) < 4.78 is 0. The minimum absolute atomic E-state index is 0.0281. The Balaban J connectivity index is 2.38. The van der Waals surface area contributed by atoms with E-state index in [1.165, 1.54) is 0 Å². The molecule has 100 valence electrons. The number of carbonyl (C=O) groups is 1. The first-order valence-electron chi connectivity index (χ1n) is 6.72. The first-order chi connectivity index (χ1) is 8.08.